The smallest absolute Gasteiger partial charge is 0.340 e. The number of pyridine rings is 1. The number of anilines is 1. The third-order valence-electron chi connectivity index (χ3n) is 2.54. The second-order valence-corrected chi connectivity index (χ2v) is 4.61. The van der Waals surface area contributed by atoms with Crippen LogP contribution in [0, 0.1) is 6.92 Å². The highest BCUT2D eigenvalue weighted by Crippen LogP contribution is 2.19. The zero-order valence-electron chi connectivity index (χ0n) is 10.4. The van der Waals surface area contributed by atoms with E-state index in [1.807, 2.05) is 13.0 Å². The number of aromatic nitrogens is 1. The minimum atomic E-state index is -0.476. The van der Waals surface area contributed by atoms with Crippen molar-refractivity contribution < 1.29 is 9.53 Å². The van der Waals surface area contributed by atoms with Crippen LogP contribution in [0.2, 0.25) is 5.02 Å². The van der Waals surface area contributed by atoms with E-state index in [0.29, 0.717) is 16.3 Å². The van der Waals surface area contributed by atoms with Crippen LogP contribution >= 0.6 is 11.6 Å². The molecule has 0 radical (unpaired) electrons. The number of carbonyl (C=O) groups excluding carboxylic acids is 1. The molecule has 98 valence electrons. The average molecular weight is 277 g/mol. The lowest BCUT2D eigenvalue weighted by Crippen LogP contribution is -2.08. The Kier molecular flexibility index (Phi) is 4.02. The van der Waals surface area contributed by atoms with Gasteiger partial charge in [0.05, 0.1) is 5.56 Å². The highest BCUT2D eigenvalue weighted by Gasteiger charge is 2.11. The SMILES string of the molecule is Cc1cncc(COC(=O)c2ccc(Cl)cc2N)c1. The number of benzene rings is 1. The average Bonchev–Trinajstić information content (AvgIpc) is 2.36. The van der Waals surface area contributed by atoms with E-state index in [1.54, 1.807) is 24.5 Å². The molecule has 0 fully saturated rings. The summed E-state index contributed by atoms with van der Waals surface area (Å²) in [5, 5.41) is 0.483. The zero-order chi connectivity index (χ0) is 13.8. The summed E-state index contributed by atoms with van der Waals surface area (Å²) in [6.07, 6.45) is 3.40. The van der Waals surface area contributed by atoms with Gasteiger partial charge < -0.3 is 10.5 Å². The van der Waals surface area contributed by atoms with Gasteiger partial charge in [0.2, 0.25) is 0 Å². The second kappa shape index (κ2) is 5.71. The standard InChI is InChI=1S/C14H13ClN2O2/c1-9-4-10(7-17-6-9)8-19-14(18)12-3-2-11(15)5-13(12)16/h2-7H,8,16H2,1H3. The molecule has 0 aliphatic heterocycles. The normalized spacial score (nSPS) is 10.2. The van der Waals surface area contributed by atoms with Crippen LogP contribution in [0.15, 0.2) is 36.7 Å². The molecule has 2 rings (SSSR count). The van der Waals surface area contributed by atoms with Crippen LogP contribution in [-0.2, 0) is 11.3 Å². The summed E-state index contributed by atoms with van der Waals surface area (Å²) in [7, 11) is 0. The lowest BCUT2D eigenvalue weighted by molar-refractivity contribution is 0.0473. The molecule has 1 aromatic heterocycles. The molecule has 2 N–H and O–H groups in total. The van der Waals surface area contributed by atoms with Crippen LogP contribution in [-0.4, -0.2) is 11.0 Å². The van der Waals surface area contributed by atoms with Crippen LogP contribution in [0.3, 0.4) is 0 Å². The van der Waals surface area contributed by atoms with Gasteiger partial charge in [0.25, 0.3) is 0 Å². The molecule has 0 aliphatic rings. The van der Waals surface area contributed by atoms with Crippen molar-refractivity contribution in [2.24, 2.45) is 0 Å². The maximum absolute atomic E-state index is 11.9. The van der Waals surface area contributed by atoms with E-state index in [-0.39, 0.29) is 6.61 Å². The minimum absolute atomic E-state index is 0.162. The summed E-state index contributed by atoms with van der Waals surface area (Å²) in [5.74, 6) is -0.476. The molecular formula is C14H13ClN2O2. The third kappa shape index (κ3) is 3.45. The number of halogens is 1. The Morgan fingerprint density at radius 3 is 2.84 bits per heavy atom. The molecule has 0 saturated heterocycles. The van der Waals surface area contributed by atoms with Crippen LogP contribution in [0.4, 0.5) is 5.69 Å². The lowest BCUT2D eigenvalue weighted by atomic mass is 10.2. The molecule has 19 heavy (non-hydrogen) atoms. The van der Waals surface area contributed by atoms with Gasteiger partial charge in [-0.1, -0.05) is 11.6 Å². The molecule has 1 heterocycles. The number of carbonyl (C=O) groups is 1. The molecule has 5 heteroatoms. The van der Waals surface area contributed by atoms with E-state index in [0.717, 1.165) is 11.1 Å². The first-order valence-electron chi connectivity index (χ1n) is 5.69. The molecular weight excluding hydrogens is 264 g/mol. The molecule has 0 aliphatic carbocycles. The lowest BCUT2D eigenvalue weighted by Gasteiger charge is -2.07. The number of nitrogens with two attached hydrogens (primary N) is 1. The van der Waals surface area contributed by atoms with E-state index in [2.05, 4.69) is 4.98 Å². The maximum atomic E-state index is 11.9. The van der Waals surface area contributed by atoms with Crippen molar-refractivity contribution in [3.63, 3.8) is 0 Å². The maximum Gasteiger partial charge on any atom is 0.340 e. The Bertz CT molecular complexity index is 614. The summed E-state index contributed by atoms with van der Waals surface area (Å²) in [6.45, 7) is 2.09. The number of hydrogen-bond acceptors (Lipinski definition) is 4. The van der Waals surface area contributed by atoms with Gasteiger partial charge in [-0.3, -0.25) is 4.98 Å². The van der Waals surface area contributed by atoms with Gasteiger partial charge in [0.1, 0.15) is 6.61 Å². The van der Waals surface area contributed by atoms with E-state index in [9.17, 15) is 4.79 Å². The first kappa shape index (κ1) is 13.4. The summed E-state index contributed by atoms with van der Waals surface area (Å²) < 4.78 is 5.19. The second-order valence-electron chi connectivity index (χ2n) is 4.18. The Hall–Kier alpha value is -2.07. The van der Waals surface area contributed by atoms with Crippen molar-refractivity contribution in [1.82, 2.24) is 4.98 Å². The van der Waals surface area contributed by atoms with E-state index >= 15 is 0 Å². The van der Waals surface area contributed by atoms with Crippen molar-refractivity contribution >= 4 is 23.3 Å². The number of aryl methyl sites for hydroxylation is 1. The monoisotopic (exact) mass is 276 g/mol. The molecule has 0 unspecified atom stereocenters. The fourth-order valence-electron chi connectivity index (χ4n) is 1.64. The van der Waals surface area contributed by atoms with Crippen LogP contribution in [0.1, 0.15) is 21.5 Å². The third-order valence-corrected chi connectivity index (χ3v) is 2.77. The van der Waals surface area contributed by atoms with E-state index in [1.165, 1.54) is 6.07 Å². The van der Waals surface area contributed by atoms with Gasteiger partial charge in [-0.2, -0.15) is 0 Å². The number of hydrogen-bond donors (Lipinski definition) is 1. The molecule has 0 saturated carbocycles. The van der Waals surface area contributed by atoms with Crippen LogP contribution in [0.5, 0.6) is 0 Å². The number of ether oxygens (including phenoxy) is 1. The summed E-state index contributed by atoms with van der Waals surface area (Å²) in [5.41, 5.74) is 8.18. The Labute approximate surface area is 116 Å². The number of rotatable bonds is 3. The minimum Gasteiger partial charge on any atom is -0.457 e. The fourth-order valence-corrected chi connectivity index (χ4v) is 1.82. The predicted octanol–water partition coefficient (Wildman–Crippen LogP) is 2.98. The highest BCUT2D eigenvalue weighted by atomic mass is 35.5. The van der Waals surface area contributed by atoms with Crippen LogP contribution in [0.25, 0.3) is 0 Å². The van der Waals surface area contributed by atoms with Crippen molar-refractivity contribution in [1.29, 1.82) is 0 Å². The molecule has 0 spiro atoms. The Morgan fingerprint density at radius 2 is 2.16 bits per heavy atom. The number of nitrogens with zero attached hydrogens (tertiary/aromatic N) is 1. The quantitative estimate of drug-likeness (QED) is 0.691. The van der Waals surface area contributed by atoms with Gasteiger partial charge in [0, 0.05) is 28.7 Å². The van der Waals surface area contributed by atoms with Crippen molar-refractivity contribution in [2.45, 2.75) is 13.5 Å². The summed E-state index contributed by atoms with van der Waals surface area (Å²) >= 11 is 5.77. The molecule has 0 atom stereocenters. The topological polar surface area (TPSA) is 65.2 Å². The molecule has 1 aromatic carbocycles. The summed E-state index contributed by atoms with van der Waals surface area (Å²) in [6, 6.07) is 6.58. The predicted molar refractivity (Wildman–Crippen MR) is 74.0 cm³/mol. The van der Waals surface area contributed by atoms with Gasteiger partial charge >= 0.3 is 5.97 Å². The Balaban J connectivity index is 2.05. The largest absolute Gasteiger partial charge is 0.457 e. The molecule has 4 nitrogen and oxygen atoms in total. The van der Waals surface area contributed by atoms with Gasteiger partial charge in [-0.25, -0.2) is 4.79 Å². The van der Waals surface area contributed by atoms with Crippen molar-refractivity contribution in [3.8, 4) is 0 Å². The molecule has 0 amide bonds. The van der Waals surface area contributed by atoms with Gasteiger partial charge in [-0.15, -0.1) is 0 Å². The molecule has 0 bridgehead atoms. The first-order valence-corrected chi connectivity index (χ1v) is 6.07. The zero-order valence-corrected chi connectivity index (χ0v) is 11.1. The van der Waals surface area contributed by atoms with Crippen molar-refractivity contribution in [3.05, 3.63) is 58.4 Å². The van der Waals surface area contributed by atoms with Gasteiger partial charge in [0.15, 0.2) is 0 Å². The molecule has 2 aromatic rings. The number of esters is 1. The van der Waals surface area contributed by atoms with E-state index in [4.69, 9.17) is 22.1 Å². The van der Waals surface area contributed by atoms with Gasteiger partial charge in [-0.05, 0) is 36.8 Å². The van der Waals surface area contributed by atoms with E-state index < -0.39 is 5.97 Å². The van der Waals surface area contributed by atoms with Crippen LogP contribution < -0.4 is 5.73 Å². The first-order chi connectivity index (χ1) is 9.06. The fraction of sp³-hybridized carbons (Fsp3) is 0.143. The Morgan fingerprint density at radius 1 is 1.37 bits per heavy atom. The summed E-state index contributed by atoms with van der Waals surface area (Å²) in [4.78, 5) is 15.9. The highest BCUT2D eigenvalue weighted by molar-refractivity contribution is 6.31. The van der Waals surface area contributed by atoms with Crippen molar-refractivity contribution in [2.75, 3.05) is 5.73 Å². The number of nitrogen functional groups attached to an aromatic ring is 1.